The van der Waals surface area contributed by atoms with Crippen LogP contribution in [0.3, 0.4) is 0 Å². The summed E-state index contributed by atoms with van der Waals surface area (Å²) in [6, 6.07) is 6.44. The van der Waals surface area contributed by atoms with E-state index in [0.29, 0.717) is 19.5 Å². The predicted octanol–water partition coefficient (Wildman–Crippen LogP) is 2.74. The standard InChI is InChI=1S/C16H22N2O3/c1-3-9-17(10-4-2)16(21)18-13-8-6-5-7-12(13)11-14(18)15(19)20/h5-8,14H,3-4,9-11H2,1-2H3,(H,19,20). The van der Waals surface area contributed by atoms with Crippen LogP contribution < -0.4 is 4.90 Å². The van der Waals surface area contributed by atoms with Gasteiger partial charge in [-0.05, 0) is 24.5 Å². The van der Waals surface area contributed by atoms with Gasteiger partial charge in [0.15, 0.2) is 0 Å². The fraction of sp³-hybridized carbons (Fsp3) is 0.500. The third kappa shape index (κ3) is 3.01. The molecule has 0 aliphatic carbocycles. The van der Waals surface area contributed by atoms with Crippen molar-refractivity contribution in [3.05, 3.63) is 29.8 Å². The number of urea groups is 1. The SMILES string of the molecule is CCCN(CCC)C(=O)N1c2ccccc2CC1C(=O)O. The van der Waals surface area contributed by atoms with Crippen LogP contribution in [0.4, 0.5) is 10.5 Å². The molecule has 1 aromatic rings. The summed E-state index contributed by atoms with van der Waals surface area (Å²) in [6.45, 7) is 5.33. The summed E-state index contributed by atoms with van der Waals surface area (Å²) in [6.07, 6.45) is 2.10. The summed E-state index contributed by atoms with van der Waals surface area (Å²) in [4.78, 5) is 27.5. The van der Waals surface area contributed by atoms with E-state index in [1.54, 1.807) is 4.90 Å². The molecule has 1 aliphatic heterocycles. The molecule has 114 valence electrons. The monoisotopic (exact) mass is 290 g/mol. The molecular weight excluding hydrogens is 268 g/mol. The molecule has 2 amide bonds. The maximum absolute atomic E-state index is 12.8. The van der Waals surface area contributed by atoms with Crippen LogP contribution in [0.5, 0.6) is 0 Å². The molecular formula is C16H22N2O3. The Morgan fingerprint density at radius 2 is 1.86 bits per heavy atom. The average molecular weight is 290 g/mol. The zero-order chi connectivity index (χ0) is 15.4. The molecule has 0 radical (unpaired) electrons. The molecule has 5 heteroatoms. The van der Waals surface area contributed by atoms with Crippen molar-refractivity contribution in [3.63, 3.8) is 0 Å². The number of hydrogen-bond donors (Lipinski definition) is 1. The first kappa shape index (κ1) is 15.4. The lowest BCUT2D eigenvalue weighted by Crippen LogP contribution is -2.50. The fourth-order valence-electron chi connectivity index (χ4n) is 2.82. The highest BCUT2D eigenvalue weighted by molar-refractivity contribution is 6.01. The number of para-hydroxylation sites is 1. The number of fused-ring (bicyclic) bond motifs is 1. The number of carboxylic acid groups (broad SMARTS) is 1. The van der Waals surface area contributed by atoms with Crippen LogP contribution in [-0.4, -0.2) is 41.1 Å². The molecule has 1 aliphatic rings. The second-order valence-corrected chi connectivity index (χ2v) is 5.33. The molecule has 0 saturated carbocycles. The molecule has 5 nitrogen and oxygen atoms in total. The van der Waals surface area contributed by atoms with Gasteiger partial charge in [-0.3, -0.25) is 4.90 Å². The summed E-state index contributed by atoms with van der Waals surface area (Å²) in [5, 5.41) is 9.43. The molecule has 1 aromatic carbocycles. The van der Waals surface area contributed by atoms with Crippen LogP contribution in [0.15, 0.2) is 24.3 Å². The Morgan fingerprint density at radius 1 is 1.24 bits per heavy atom. The summed E-state index contributed by atoms with van der Waals surface area (Å²) in [5.41, 5.74) is 1.65. The molecule has 1 unspecified atom stereocenters. The van der Waals surface area contributed by atoms with E-state index in [1.165, 1.54) is 4.90 Å². The minimum Gasteiger partial charge on any atom is -0.480 e. The van der Waals surface area contributed by atoms with Gasteiger partial charge in [0.2, 0.25) is 0 Å². The number of rotatable bonds is 5. The molecule has 1 atom stereocenters. The lowest BCUT2D eigenvalue weighted by molar-refractivity contribution is -0.138. The van der Waals surface area contributed by atoms with Gasteiger partial charge in [0.25, 0.3) is 0 Å². The van der Waals surface area contributed by atoms with Crippen LogP contribution in [-0.2, 0) is 11.2 Å². The predicted molar refractivity (Wildman–Crippen MR) is 81.6 cm³/mol. The highest BCUT2D eigenvalue weighted by atomic mass is 16.4. The van der Waals surface area contributed by atoms with E-state index >= 15 is 0 Å². The van der Waals surface area contributed by atoms with Crippen molar-refractivity contribution < 1.29 is 14.7 Å². The summed E-state index contributed by atoms with van der Waals surface area (Å²) in [7, 11) is 0. The Hall–Kier alpha value is -2.04. The first-order valence-electron chi connectivity index (χ1n) is 7.49. The number of carbonyl (C=O) groups is 2. The second kappa shape index (κ2) is 6.61. The fourth-order valence-corrected chi connectivity index (χ4v) is 2.82. The minimum absolute atomic E-state index is 0.198. The Bertz CT molecular complexity index is 524. The Balaban J connectivity index is 2.33. The highest BCUT2D eigenvalue weighted by Gasteiger charge is 2.39. The van der Waals surface area contributed by atoms with E-state index in [-0.39, 0.29) is 6.03 Å². The van der Waals surface area contributed by atoms with Crippen molar-refractivity contribution in [3.8, 4) is 0 Å². The van der Waals surface area contributed by atoms with Crippen LogP contribution in [0.2, 0.25) is 0 Å². The number of carbonyl (C=O) groups excluding carboxylic acids is 1. The largest absolute Gasteiger partial charge is 0.480 e. The smallest absolute Gasteiger partial charge is 0.327 e. The van der Waals surface area contributed by atoms with Gasteiger partial charge in [0.05, 0.1) is 0 Å². The Morgan fingerprint density at radius 3 is 2.43 bits per heavy atom. The molecule has 1 heterocycles. The van der Waals surface area contributed by atoms with E-state index in [0.717, 1.165) is 24.1 Å². The Kier molecular flexibility index (Phi) is 4.83. The van der Waals surface area contributed by atoms with Gasteiger partial charge in [-0.1, -0.05) is 32.0 Å². The van der Waals surface area contributed by atoms with Crippen LogP contribution in [0.25, 0.3) is 0 Å². The van der Waals surface area contributed by atoms with Crippen molar-refractivity contribution in [1.29, 1.82) is 0 Å². The van der Waals surface area contributed by atoms with Crippen molar-refractivity contribution in [1.82, 2.24) is 4.90 Å². The van der Waals surface area contributed by atoms with Gasteiger partial charge >= 0.3 is 12.0 Å². The van der Waals surface area contributed by atoms with E-state index < -0.39 is 12.0 Å². The molecule has 0 spiro atoms. The number of nitrogens with zero attached hydrogens (tertiary/aromatic N) is 2. The van der Waals surface area contributed by atoms with E-state index in [2.05, 4.69) is 0 Å². The third-order valence-corrected chi connectivity index (χ3v) is 3.72. The summed E-state index contributed by atoms with van der Waals surface area (Å²) in [5.74, 6) is -0.951. The van der Waals surface area contributed by atoms with Crippen molar-refractivity contribution in [2.24, 2.45) is 0 Å². The zero-order valence-corrected chi connectivity index (χ0v) is 12.6. The number of anilines is 1. The van der Waals surface area contributed by atoms with E-state index in [4.69, 9.17) is 0 Å². The summed E-state index contributed by atoms with van der Waals surface area (Å²) < 4.78 is 0. The number of hydrogen-bond acceptors (Lipinski definition) is 2. The molecule has 2 rings (SSSR count). The zero-order valence-electron chi connectivity index (χ0n) is 12.6. The van der Waals surface area contributed by atoms with Gasteiger partial charge in [0.1, 0.15) is 6.04 Å². The van der Waals surface area contributed by atoms with Crippen molar-refractivity contribution in [2.75, 3.05) is 18.0 Å². The van der Waals surface area contributed by atoms with Crippen LogP contribution in [0.1, 0.15) is 32.3 Å². The van der Waals surface area contributed by atoms with Crippen molar-refractivity contribution >= 4 is 17.7 Å². The average Bonchev–Trinajstić information content (AvgIpc) is 2.86. The highest BCUT2D eigenvalue weighted by Crippen LogP contribution is 2.33. The quantitative estimate of drug-likeness (QED) is 0.907. The van der Waals surface area contributed by atoms with Crippen LogP contribution >= 0.6 is 0 Å². The molecule has 0 fully saturated rings. The third-order valence-electron chi connectivity index (χ3n) is 3.72. The molecule has 21 heavy (non-hydrogen) atoms. The van der Waals surface area contributed by atoms with E-state index in [1.807, 2.05) is 38.1 Å². The molecule has 1 N–H and O–H groups in total. The first-order chi connectivity index (χ1) is 10.1. The van der Waals surface area contributed by atoms with Gasteiger partial charge in [0, 0.05) is 25.2 Å². The Labute approximate surface area is 125 Å². The van der Waals surface area contributed by atoms with Crippen LogP contribution in [0, 0.1) is 0 Å². The lowest BCUT2D eigenvalue weighted by atomic mass is 10.1. The maximum Gasteiger partial charge on any atom is 0.327 e. The van der Waals surface area contributed by atoms with Crippen molar-refractivity contribution in [2.45, 2.75) is 39.2 Å². The number of carboxylic acids is 1. The van der Waals surface area contributed by atoms with E-state index in [9.17, 15) is 14.7 Å². The number of aliphatic carboxylic acids is 1. The van der Waals surface area contributed by atoms with Gasteiger partial charge in [-0.25, -0.2) is 9.59 Å². The normalized spacial score (nSPS) is 16.7. The molecule has 0 saturated heterocycles. The second-order valence-electron chi connectivity index (χ2n) is 5.33. The lowest BCUT2D eigenvalue weighted by Gasteiger charge is -2.30. The number of amides is 2. The van der Waals surface area contributed by atoms with Gasteiger partial charge in [-0.15, -0.1) is 0 Å². The van der Waals surface area contributed by atoms with Gasteiger partial charge < -0.3 is 10.0 Å². The van der Waals surface area contributed by atoms with Gasteiger partial charge in [-0.2, -0.15) is 0 Å². The number of benzene rings is 1. The summed E-state index contributed by atoms with van der Waals surface area (Å²) >= 11 is 0. The minimum atomic E-state index is -0.951. The topological polar surface area (TPSA) is 60.9 Å². The molecule has 0 bridgehead atoms. The maximum atomic E-state index is 12.8. The first-order valence-corrected chi connectivity index (χ1v) is 7.49. The molecule has 0 aromatic heterocycles.